The molecule has 0 saturated carbocycles. The van der Waals surface area contributed by atoms with Gasteiger partial charge in [0.1, 0.15) is 5.75 Å². The van der Waals surface area contributed by atoms with E-state index in [1.165, 1.54) is 0 Å². The lowest BCUT2D eigenvalue weighted by atomic mass is 10.1. The van der Waals surface area contributed by atoms with E-state index >= 15 is 0 Å². The van der Waals surface area contributed by atoms with Crippen LogP contribution < -0.4 is 10.1 Å². The second-order valence-electron chi connectivity index (χ2n) is 7.58. The number of guanidine groups is 1. The maximum absolute atomic E-state index is 5.39. The van der Waals surface area contributed by atoms with Crippen LogP contribution in [0.4, 0.5) is 0 Å². The van der Waals surface area contributed by atoms with E-state index in [-0.39, 0.29) is 0 Å². The number of unbranched alkanes of at least 4 members (excludes halogenated alkanes) is 2. The number of hydrogen-bond acceptors (Lipinski definition) is 6. The van der Waals surface area contributed by atoms with Gasteiger partial charge in [0, 0.05) is 51.7 Å². The topological polar surface area (TPSA) is 85.0 Å². The summed E-state index contributed by atoms with van der Waals surface area (Å²) in [6.45, 7) is 3.80. The van der Waals surface area contributed by atoms with Crippen molar-refractivity contribution in [2.75, 3.05) is 47.5 Å². The van der Waals surface area contributed by atoms with Crippen LogP contribution in [0.3, 0.4) is 0 Å². The van der Waals surface area contributed by atoms with Crippen LogP contribution >= 0.6 is 0 Å². The Morgan fingerprint density at radius 1 is 1.23 bits per heavy atom. The fourth-order valence-electron chi connectivity index (χ4n) is 3.72. The van der Waals surface area contributed by atoms with Gasteiger partial charge in [-0.05, 0) is 43.5 Å². The Labute approximate surface area is 178 Å². The van der Waals surface area contributed by atoms with Crippen LogP contribution in [0.1, 0.15) is 31.6 Å². The molecule has 1 unspecified atom stereocenters. The van der Waals surface area contributed by atoms with Crippen molar-refractivity contribution >= 4 is 5.96 Å². The smallest absolute Gasteiger partial charge is 0.226 e. The molecule has 1 fully saturated rings. The van der Waals surface area contributed by atoms with Crippen LogP contribution in [0.25, 0.3) is 11.4 Å². The third kappa shape index (κ3) is 6.19. The molecule has 1 aliphatic heterocycles. The average molecular weight is 416 g/mol. The standard InChI is InChI=1S/C22H33N5O3/c1-23-22(27-14-12-17(15-27)16-28-2)24-13-6-4-5-7-20-25-21(26-30-20)18-8-10-19(29-3)11-9-18/h8-11,17H,4-7,12-16H2,1-3H3,(H,23,24). The Balaban J connectivity index is 1.33. The Hall–Kier alpha value is -2.61. The molecule has 2 aromatic rings. The van der Waals surface area contributed by atoms with E-state index < -0.39 is 0 Å². The fraction of sp³-hybridized carbons (Fsp3) is 0.591. The highest BCUT2D eigenvalue weighted by Gasteiger charge is 2.24. The molecule has 0 radical (unpaired) electrons. The molecule has 1 aromatic carbocycles. The molecule has 0 amide bonds. The number of rotatable bonds is 10. The molecule has 2 heterocycles. The molecule has 1 aromatic heterocycles. The summed E-state index contributed by atoms with van der Waals surface area (Å²) in [5.74, 6) is 3.72. The van der Waals surface area contributed by atoms with E-state index in [2.05, 4.69) is 25.3 Å². The molecule has 8 nitrogen and oxygen atoms in total. The molecule has 0 aliphatic carbocycles. The lowest BCUT2D eigenvalue weighted by Crippen LogP contribution is -2.40. The van der Waals surface area contributed by atoms with Crippen LogP contribution in [0.5, 0.6) is 5.75 Å². The Kier molecular flexibility index (Phi) is 8.50. The second kappa shape index (κ2) is 11.5. The van der Waals surface area contributed by atoms with Gasteiger partial charge in [0.05, 0.1) is 13.7 Å². The minimum atomic E-state index is 0.603. The Morgan fingerprint density at radius 2 is 2.07 bits per heavy atom. The predicted molar refractivity (Wildman–Crippen MR) is 117 cm³/mol. The van der Waals surface area contributed by atoms with Gasteiger partial charge in [-0.15, -0.1) is 0 Å². The second-order valence-corrected chi connectivity index (χ2v) is 7.58. The number of aryl methyl sites for hydroxylation is 1. The molecular formula is C22H33N5O3. The number of methoxy groups -OCH3 is 2. The first-order chi connectivity index (χ1) is 14.7. The van der Waals surface area contributed by atoms with E-state index in [0.717, 1.165) is 75.6 Å². The third-order valence-electron chi connectivity index (χ3n) is 5.37. The van der Waals surface area contributed by atoms with Gasteiger partial charge in [0.2, 0.25) is 11.7 Å². The van der Waals surface area contributed by atoms with Crippen LogP contribution in [-0.2, 0) is 11.2 Å². The van der Waals surface area contributed by atoms with Crippen LogP contribution in [0.15, 0.2) is 33.8 Å². The molecule has 164 valence electrons. The highest BCUT2D eigenvalue weighted by atomic mass is 16.5. The molecule has 0 bridgehead atoms. The highest BCUT2D eigenvalue weighted by Crippen LogP contribution is 2.20. The summed E-state index contributed by atoms with van der Waals surface area (Å²) in [4.78, 5) is 11.2. The number of likely N-dealkylation sites (tertiary alicyclic amines) is 1. The summed E-state index contributed by atoms with van der Waals surface area (Å²) < 4.78 is 15.8. The molecular weight excluding hydrogens is 382 g/mol. The zero-order valence-electron chi connectivity index (χ0n) is 18.3. The normalized spacial score (nSPS) is 16.8. The lowest BCUT2D eigenvalue weighted by Gasteiger charge is -2.21. The number of ether oxygens (including phenoxy) is 2. The first-order valence-corrected chi connectivity index (χ1v) is 10.6. The van der Waals surface area contributed by atoms with Gasteiger partial charge in [-0.3, -0.25) is 4.99 Å². The number of aliphatic imine (C=N–C) groups is 1. The van der Waals surface area contributed by atoms with Crippen molar-refractivity contribution < 1.29 is 14.0 Å². The van der Waals surface area contributed by atoms with E-state index in [9.17, 15) is 0 Å². The van der Waals surface area contributed by atoms with Gasteiger partial charge < -0.3 is 24.2 Å². The van der Waals surface area contributed by atoms with Gasteiger partial charge >= 0.3 is 0 Å². The quantitative estimate of drug-likeness (QED) is 0.363. The molecule has 3 rings (SSSR count). The molecule has 8 heteroatoms. The molecule has 30 heavy (non-hydrogen) atoms. The highest BCUT2D eigenvalue weighted by molar-refractivity contribution is 5.80. The van der Waals surface area contributed by atoms with Crippen LogP contribution in [0, 0.1) is 5.92 Å². The number of nitrogens with zero attached hydrogens (tertiary/aromatic N) is 4. The SMILES string of the molecule is CN=C(NCCCCCc1nc(-c2ccc(OC)cc2)no1)N1CCC(COC)C1. The summed E-state index contributed by atoms with van der Waals surface area (Å²) in [5.41, 5.74) is 0.927. The molecule has 1 aliphatic rings. The van der Waals surface area contributed by atoms with Gasteiger partial charge in [0.25, 0.3) is 0 Å². The number of benzene rings is 1. The van der Waals surface area contributed by atoms with Crippen molar-refractivity contribution in [1.29, 1.82) is 0 Å². The van der Waals surface area contributed by atoms with Gasteiger partial charge in [-0.25, -0.2) is 0 Å². The van der Waals surface area contributed by atoms with Crippen molar-refractivity contribution in [1.82, 2.24) is 20.4 Å². The number of nitrogens with one attached hydrogen (secondary N) is 1. The van der Waals surface area contributed by atoms with Crippen molar-refractivity contribution in [3.63, 3.8) is 0 Å². The summed E-state index contributed by atoms with van der Waals surface area (Å²) in [6.07, 6.45) is 5.15. The number of aromatic nitrogens is 2. The minimum Gasteiger partial charge on any atom is -0.497 e. The molecule has 1 saturated heterocycles. The zero-order valence-corrected chi connectivity index (χ0v) is 18.3. The Morgan fingerprint density at radius 3 is 2.80 bits per heavy atom. The van der Waals surface area contributed by atoms with Crippen molar-refractivity contribution in [3.8, 4) is 17.1 Å². The monoisotopic (exact) mass is 415 g/mol. The predicted octanol–water partition coefficient (Wildman–Crippen LogP) is 3.00. The summed E-state index contributed by atoms with van der Waals surface area (Å²) in [7, 11) is 5.27. The maximum atomic E-state index is 5.39. The zero-order chi connectivity index (χ0) is 21.2. The van der Waals surface area contributed by atoms with E-state index in [1.807, 2.05) is 31.3 Å². The average Bonchev–Trinajstić information content (AvgIpc) is 3.44. The largest absolute Gasteiger partial charge is 0.497 e. The van der Waals surface area contributed by atoms with E-state index in [1.54, 1.807) is 14.2 Å². The molecule has 1 atom stereocenters. The summed E-state index contributed by atoms with van der Waals surface area (Å²) >= 11 is 0. The maximum Gasteiger partial charge on any atom is 0.226 e. The first kappa shape index (κ1) is 22.1. The van der Waals surface area contributed by atoms with E-state index in [0.29, 0.717) is 17.6 Å². The fourth-order valence-corrected chi connectivity index (χ4v) is 3.72. The summed E-state index contributed by atoms with van der Waals surface area (Å²) in [5, 5.41) is 7.57. The third-order valence-corrected chi connectivity index (χ3v) is 5.37. The number of hydrogen-bond donors (Lipinski definition) is 1. The van der Waals surface area contributed by atoms with Crippen LogP contribution in [0.2, 0.25) is 0 Å². The van der Waals surface area contributed by atoms with Crippen molar-refractivity contribution in [2.45, 2.75) is 32.1 Å². The first-order valence-electron chi connectivity index (χ1n) is 10.6. The van der Waals surface area contributed by atoms with Gasteiger partial charge in [-0.1, -0.05) is 11.6 Å². The molecule has 0 spiro atoms. The van der Waals surface area contributed by atoms with E-state index in [4.69, 9.17) is 14.0 Å². The van der Waals surface area contributed by atoms with Gasteiger partial charge in [0.15, 0.2) is 5.96 Å². The van der Waals surface area contributed by atoms with Gasteiger partial charge in [-0.2, -0.15) is 4.98 Å². The van der Waals surface area contributed by atoms with Crippen molar-refractivity contribution in [3.05, 3.63) is 30.2 Å². The summed E-state index contributed by atoms with van der Waals surface area (Å²) in [6, 6.07) is 7.66. The van der Waals surface area contributed by atoms with Crippen LogP contribution in [-0.4, -0.2) is 68.5 Å². The van der Waals surface area contributed by atoms with Crippen molar-refractivity contribution in [2.24, 2.45) is 10.9 Å². The minimum absolute atomic E-state index is 0.603. The lowest BCUT2D eigenvalue weighted by molar-refractivity contribution is 0.157. The molecule has 1 N–H and O–H groups in total. The Bertz CT molecular complexity index is 790.